The zero-order chi connectivity index (χ0) is 31.6. The van der Waals surface area contributed by atoms with Gasteiger partial charge in [-0.1, -0.05) is 72.8 Å². The van der Waals surface area contributed by atoms with Crippen LogP contribution in [0, 0.1) is 0 Å². The standard InChI is InChI=1S/C43H25N3O2/c1-3-11-38-33(9-1)35-22-37-36(23-40(35)47-38)43-41(34-10-2-4-12-39(34)48-43)42(46-37)27-15-13-26(14-16-27)30-19-31(28-7-5-17-44-24-28)21-32(20-30)29-8-6-18-45-25-29/h1-25H. The predicted molar refractivity (Wildman–Crippen MR) is 194 cm³/mol. The van der Waals surface area contributed by atoms with E-state index in [9.17, 15) is 0 Å². The maximum Gasteiger partial charge on any atom is 0.147 e. The van der Waals surface area contributed by atoms with Crippen LogP contribution in [0.5, 0.6) is 0 Å². The number of nitrogens with zero attached hydrogens (tertiary/aromatic N) is 3. The first-order valence-corrected chi connectivity index (χ1v) is 15.9. The van der Waals surface area contributed by atoms with E-state index < -0.39 is 0 Å². The van der Waals surface area contributed by atoms with Crippen molar-refractivity contribution in [1.82, 2.24) is 15.0 Å². The third kappa shape index (κ3) is 4.22. The summed E-state index contributed by atoms with van der Waals surface area (Å²) in [4.78, 5) is 14.1. The van der Waals surface area contributed by atoms with Gasteiger partial charge in [-0.2, -0.15) is 0 Å². The van der Waals surface area contributed by atoms with Crippen LogP contribution in [0.15, 0.2) is 161 Å². The molecule has 5 aromatic carbocycles. The van der Waals surface area contributed by atoms with Crippen LogP contribution >= 0.6 is 0 Å². The van der Waals surface area contributed by atoms with Crippen LogP contribution in [-0.2, 0) is 0 Å². The van der Waals surface area contributed by atoms with E-state index in [1.807, 2.05) is 60.9 Å². The minimum atomic E-state index is 0.813. The monoisotopic (exact) mass is 615 g/mol. The maximum atomic E-state index is 6.56. The molecule has 0 aliphatic rings. The van der Waals surface area contributed by atoms with E-state index in [0.717, 1.165) is 99.4 Å². The third-order valence-corrected chi connectivity index (χ3v) is 9.22. The Labute approximate surface area is 274 Å². The van der Waals surface area contributed by atoms with Gasteiger partial charge in [0.25, 0.3) is 0 Å². The summed E-state index contributed by atoms with van der Waals surface area (Å²) in [6.45, 7) is 0. The van der Waals surface area contributed by atoms with Gasteiger partial charge in [-0.3, -0.25) is 9.97 Å². The van der Waals surface area contributed by atoms with Gasteiger partial charge in [-0.25, -0.2) is 4.98 Å². The van der Waals surface area contributed by atoms with E-state index in [1.165, 1.54) is 0 Å². The molecule has 48 heavy (non-hydrogen) atoms. The first-order chi connectivity index (χ1) is 23.8. The number of aromatic nitrogens is 3. The molecule has 0 unspecified atom stereocenters. The number of fused-ring (bicyclic) bond motifs is 8. The van der Waals surface area contributed by atoms with E-state index in [0.29, 0.717) is 0 Å². The molecule has 224 valence electrons. The van der Waals surface area contributed by atoms with E-state index in [1.54, 1.807) is 12.4 Å². The van der Waals surface area contributed by atoms with Gasteiger partial charge < -0.3 is 8.83 Å². The fourth-order valence-corrected chi connectivity index (χ4v) is 6.90. The van der Waals surface area contributed by atoms with E-state index >= 15 is 0 Å². The number of benzene rings is 5. The number of rotatable bonds is 4. The zero-order valence-electron chi connectivity index (χ0n) is 25.6. The van der Waals surface area contributed by atoms with Crippen molar-refractivity contribution < 1.29 is 8.83 Å². The SMILES string of the molecule is c1cncc(-c2cc(-c3ccc(-c4nc5cc6c(cc5c5oc7ccccc7c45)oc4ccccc46)cc3)cc(-c3cccnc3)c2)c1. The Morgan fingerprint density at radius 3 is 1.67 bits per heavy atom. The molecule has 0 spiro atoms. The zero-order valence-corrected chi connectivity index (χ0v) is 25.6. The van der Waals surface area contributed by atoms with Crippen molar-refractivity contribution in [2.45, 2.75) is 0 Å². The van der Waals surface area contributed by atoms with Crippen molar-refractivity contribution in [3.8, 4) is 44.6 Å². The summed E-state index contributed by atoms with van der Waals surface area (Å²) in [5.41, 5.74) is 12.7. The minimum Gasteiger partial charge on any atom is -0.456 e. The lowest BCUT2D eigenvalue weighted by molar-refractivity contribution is 0.666. The lowest BCUT2D eigenvalue weighted by atomic mass is 9.93. The van der Waals surface area contributed by atoms with Crippen molar-refractivity contribution in [2.24, 2.45) is 0 Å². The molecule has 0 N–H and O–H groups in total. The fourth-order valence-electron chi connectivity index (χ4n) is 6.90. The molecule has 5 heteroatoms. The molecule has 0 bridgehead atoms. The highest BCUT2D eigenvalue weighted by molar-refractivity contribution is 6.21. The maximum absolute atomic E-state index is 6.56. The Morgan fingerprint density at radius 2 is 1.00 bits per heavy atom. The van der Waals surface area contributed by atoms with Crippen molar-refractivity contribution in [3.63, 3.8) is 0 Å². The predicted octanol–water partition coefficient (Wildman–Crippen LogP) is 11.5. The topological polar surface area (TPSA) is 65.0 Å². The minimum absolute atomic E-state index is 0.813. The molecule has 10 rings (SSSR count). The van der Waals surface area contributed by atoms with Gasteiger partial charge >= 0.3 is 0 Å². The molecular formula is C43H25N3O2. The van der Waals surface area contributed by atoms with E-state index in [-0.39, 0.29) is 0 Å². The molecule has 0 atom stereocenters. The van der Waals surface area contributed by atoms with Gasteiger partial charge in [-0.15, -0.1) is 0 Å². The molecule has 5 nitrogen and oxygen atoms in total. The first kappa shape index (κ1) is 26.6. The highest BCUT2D eigenvalue weighted by atomic mass is 16.3. The Bertz CT molecular complexity index is 2760. The second-order valence-corrected chi connectivity index (χ2v) is 12.1. The van der Waals surface area contributed by atoms with Crippen molar-refractivity contribution in [3.05, 3.63) is 152 Å². The average Bonchev–Trinajstić information content (AvgIpc) is 3.73. The summed E-state index contributed by atoms with van der Waals surface area (Å²) in [5.74, 6) is 0. The van der Waals surface area contributed by atoms with Gasteiger partial charge in [0.15, 0.2) is 0 Å². The van der Waals surface area contributed by atoms with Crippen LogP contribution in [0.3, 0.4) is 0 Å². The van der Waals surface area contributed by atoms with Gasteiger partial charge in [0.2, 0.25) is 0 Å². The molecule has 0 saturated carbocycles. The molecule has 0 saturated heterocycles. The van der Waals surface area contributed by atoms with Crippen molar-refractivity contribution in [1.29, 1.82) is 0 Å². The molecule has 10 aromatic rings. The normalized spacial score (nSPS) is 11.8. The molecule has 5 aromatic heterocycles. The summed E-state index contributed by atoms with van der Waals surface area (Å²) in [6.07, 6.45) is 7.41. The number of furan rings is 2. The molecule has 5 heterocycles. The fraction of sp³-hybridized carbons (Fsp3) is 0. The Kier molecular flexibility index (Phi) is 5.81. The molecule has 0 aliphatic carbocycles. The third-order valence-electron chi connectivity index (χ3n) is 9.22. The molecule has 0 fully saturated rings. The summed E-state index contributed by atoms with van der Waals surface area (Å²) >= 11 is 0. The van der Waals surface area contributed by atoms with Gasteiger partial charge in [0.1, 0.15) is 22.3 Å². The van der Waals surface area contributed by atoms with E-state index in [4.69, 9.17) is 13.8 Å². The number of pyridine rings is 3. The van der Waals surface area contributed by atoms with Crippen LogP contribution in [0.1, 0.15) is 0 Å². The van der Waals surface area contributed by atoms with Crippen LogP contribution in [0.25, 0.3) is 99.4 Å². The highest BCUT2D eigenvalue weighted by Crippen LogP contribution is 2.42. The lowest BCUT2D eigenvalue weighted by Gasteiger charge is -2.12. The van der Waals surface area contributed by atoms with Crippen LogP contribution in [0.2, 0.25) is 0 Å². The summed E-state index contributed by atoms with van der Waals surface area (Å²) < 4.78 is 12.8. The Hall–Kier alpha value is -6.59. The lowest BCUT2D eigenvalue weighted by Crippen LogP contribution is -1.90. The Balaban J connectivity index is 1.16. The van der Waals surface area contributed by atoms with E-state index in [2.05, 4.69) is 88.8 Å². The smallest absolute Gasteiger partial charge is 0.147 e. The van der Waals surface area contributed by atoms with Crippen molar-refractivity contribution in [2.75, 3.05) is 0 Å². The largest absolute Gasteiger partial charge is 0.456 e. The molecule has 0 aliphatic heterocycles. The van der Waals surface area contributed by atoms with Gasteiger partial charge in [0.05, 0.1) is 16.6 Å². The molecule has 0 radical (unpaired) electrons. The number of para-hydroxylation sites is 2. The van der Waals surface area contributed by atoms with Crippen LogP contribution in [-0.4, -0.2) is 15.0 Å². The summed E-state index contributed by atoms with van der Waals surface area (Å²) in [6, 6.07) is 44.0. The second-order valence-electron chi connectivity index (χ2n) is 12.1. The van der Waals surface area contributed by atoms with Crippen molar-refractivity contribution >= 4 is 54.8 Å². The summed E-state index contributed by atoms with van der Waals surface area (Å²) in [5, 5.41) is 5.09. The molecular weight excluding hydrogens is 590 g/mol. The summed E-state index contributed by atoms with van der Waals surface area (Å²) in [7, 11) is 0. The highest BCUT2D eigenvalue weighted by Gasteiger charge is 2.20. The van der Waals surface area contributed by atoms with Crippen LogP contribution < -0.4 is 0 Å². The number of hydrogen-bond acceptors (Lipinski definition) is 5. The number of hydrogen-bond donors (Lipinski definition) is 0. The molecule has 0 amide bonds. The quantitative estimate of drug-likeness (QED) is 0.197. The van der Waals surface area contributed by atoms with Gasteiger partial charge in [0, 0.05) is 63.0 Å². The van der Waals surface area contributed by atoms with Gasteiger partial charge in [-0.05, 0) is 76.9 Å². The first-order valence-electron chi connectivity index (χ1n) is 15.9. The van der Waals surface area contributed by atoms with Crippen LogP contribution in [0.4, 0.5) is 0 Å². The Morgan fingerprint density at radius 1 is 0.396 bits per heavy atom. The second kappa shape index (κ2) is 10.5. The average molecular weight is 616 g/mol.